The Hall–Kier alpha value is -0.850. The van der Waals surface area contributed by atoms with Gasteiger partial charge in [-0.1, -0.05) is 25.1 Å². The lowest BCUT2D eigenvalue weighted by Gasteiger charge is -2.02. The summed E-state index contributed by atoms with van der Waals surface area (Å²) < 4.78 is 25.4. The van der Waals surface area contributed by atoms with E-state index in [1.807, 2.05) is 6.92 Å². The fourth-order valence-corrected chi connectivity index (χ4v) is 2.02. The number of aromatic nitrogens is 2. The van der Waals surface area contributed by atoms with Crippen molar-refractivity contribution < 1.29 is 8.42 Å². The normalized spacial score (nSPS) is 11.6. The van der Waals surface area contributed by atoms with Gasteiger partial charge in [-0.2, -0.15) is 0 Å². The Kier molecular flexibility index (Phi) is 3.90. The predicted octanol–water partition coefficient (Wildman–Crippen LogP) is 1.00. The van der Waals surface area contributed by atoms with Gasteiger partial charge in [0.25, 0.3) is 10.0 Å². The monoisotopic (exact) mass is 249 g/mol. The van der Waals surface area contributed by atoms with E-state index in [0.717, 1.165) is 0 Å². The Balaban J connectivity index is 2.81. The van der Waals surface area contributed by atoms with Gasteiger partial charge >= 0.3 is 0 Å². The molecule has 7 heteroatoms. The number of nitrogens with one attached hydrogen (secondary N) is 2. The molecular weight excluding hydrogens is 238 g/mol. The highest BCUT2D eigenvalue weighted by Gasteiger charge is 2.16. The second-order valence-corrected chi connectivity index (χ2v) is 5.16. The molecule has 0 amide bonds. The minimum atomic E-state index is -3.56. The smallest absolute Gasteiger partial charge is 0.257 e. The SMILES string of the molecule is C=C(Cl)CNS(=O)(=O)c1cnc(CC)[nH]1. The van der Waals surface area contributed by atoms with Gasteiger partial charge in [0.15, 0.2) is 5.03 Å². The second-order valence-electron chi connectivity index (χ2n) is 2.89. The quantitative estimate of drug-likeness (QED) is 0.818. The maximum absolute atomic E-state index is 11.6. The average Bonchev–Trinajstić information content (AvgIpc) is 2.63. The van der Waals surface area contributed by atoms with Crippen LogP contribution in [0.3, 0.4) is 0 Å². The van der Waals surface area contributed by atoms with E-state index < -0.39 is 10.0 Å². The van der Waals surface area contributed by atoms with Gasteiger partial charge in [0.1, 0.15) is 5.82 Å². The molecule has 0 atom stereocenters. The maximum atomic E-state index is 11.6. The molecule has 1 heterocycles. The number of halogens is 1. The molecule has 0 spiro atoms. The molecule has 2 N–H and O–H groups in total. The van der Waals surface area contributed by atoms with E-state index >= 15 is 0 Å². The van der Waals surface area contributed by atoms with Gasteiger partial charge in [-0.3, -0.25) is 0 Å². The molecule has 0 aliphatic carbocycles. The summed E-state index contributed by atoms with van der Waals surface area (Å²) in [7, 11) is -3.56. The van der Waals surface area contributed by atoms with Crippen LogP contribution in [0.1, 0.15) is 12.7 Å². The number of imidazole rings is 1. The summed E-state index contributed by atoms with van der Waals surface area (Å²) in [6.45, 7) is 5.27. The molecular formula is C8H12ClN3O2S. The van der Waals surface area contributed by atoms with Crippen LogP contribution in [0.2, 0.25) is 0 Å². The van der Waals surface area contributed by atoms with E-state index in [0.29, 0.717) is 12.2 Å². The van der Waals surface area contributed by atoms with Crippen molar-refractivity contribution in [1.82, 2.24) is 14.7 Å². The summed E-state index contributed by atoms with van der Waals surface area (Å²) in [5, 5.41) is 0.270. The number of aromatic amines is 1. The summed E-state index contributed by atoms with van der Waals surface area (Å²) in [4.78, 5) is 6.59. The molecule has 0 aliphatic rings. The van der Waals surface area contributed by atoms with Gasteiger partial charge in [-0.05, 0) is 0 Å². The first-order valence-corrected chi connectivity index (χ1v) is 6.18. The summed E-state index contributed by atoms with van der Waals surface area (Å²) in [6, 6.07) is 0. The Labute approximate surface area is 93.6 Å². The van der Waals surface area contributed by atoms with Gasteiger partial charge in [0, 0.05) is 18.0 Å². The molecule has 1 aromatic heterocycles. The molecule has 5 nitrogen and oxygen atoms in total. The van der Waals surface area contributed by atoms with Crippen LogP contribution < -0.4 is 4.72 Å². The summed E-state index contributed by atoms with van der Waals surface area (Å²) in [5.41, 5.74) is 0. The molecule has 15 heavy (non-hydrogen) atoms. The Morgan fingerprint density at radius 3 is 2.87 bits per heavy atom. The maximum Gasteiger partial charge on any atom is 0.257 e. The van der Waals surface area contributed by atoms with Crippen LogP contribution in [-0.4, -0.2) is 24.9 Å². The van der Waals surface area contributed by atoms with Crippen LogP contribution in [0.5, 0.6) is 0 Å². The number of aryl methyl sites for hydroxylation is 1. The zero-order valence-corrected chi connectivity index (χ0v) is 9.82. The number of rotatable bonds is 5. The number of hydrogen-bond donors (Lipinski definition) is 2. The Morgan fingerprint density at radius 2 is 2.40 bits per heavy atom. The van der Waals surface area contributed by atoms with E-state index in [-0.39, 0.29) is 16.6 Å². The van der Waals surface area contributed by atoms with Gasteiger partial charge in [-0.15, -0.1) is 0 Å². The number of hydrogen-bond acceptors (Lipinski definition) is 3. The molecule has 0 fully saturated rings. The lowest BCUT2D eigenvalue weighted by molar-refractivity contribution is 0.582. The molecule has 0 unspecified atom stereocenters. The van der Waals surface area contributed by atoms with Gasteiger partial charge in [-0.25, -0.2) is 18.1 Å². The van der Waals surface area contributed by atoms with Crippen LogP contribution in [0.4, 0.5) is 0 Å². The number of H-pyrrole nitrogens is 1. The first kappa shape index (κ1) is 12.2. The molecule has 0 aliphatic heterocycles. The molecule has 1 aromatic rings. The zero-order chi connectivity index (χ0) is 11.5. The van der Waals surface area contributed by atoms with E-state index in [4.69, 9.17) is 11.6 Å². The standard InChI is InChI=1S/C8H12ClN3O2S/c1-3-7-10-5-8(12-7)15(13,14)11-4-6(2)9/h5,11H,2-4H2,1H3,(H,10,12). The van der Waals surface area contributed by atoms with Gasteiger partial charge in [0.2, 0.25) is 0 Å². The molecule has 0 radical (unpaired) electrons. The van der Waals surface area contributed by atoms with Crippen molar-refractivity contribution in [2.24, 2.45) is 0 Å². The highest BCUT2D eigenvalue weighted by Crippen LogP contribution is 2.06. The predicted molar refractivity (Wildman–Crippen MR) is 58.1 cm³/mol. The minimum absolute atomic E-state index is 0.00433. The molecule has 84 valence electrons. The molecule has 0 saturated heterocycles. The van der Waals surface area contributed by atoms with E-state index in [2.05, 4.69) is 21.3 Å². The molecule has 0 aromatic carbocycles. The largest absolute Gasteiger partial charge is 0.332 e. The van der Waals surface area contributed by atoms with Gasteiger partial charge < -0.3 is 4.98 Å². The summed E-state index contributed by atoms with van der Waals surface area (Å²) >= 11 is 5.46. The Morgan fingerprint density at radius 1 is 1.73 bits per heavy atom. The molecule has 0 saturated carbocycles. The summed E-state index contributed by atoms with van der Waals surface area (Å²) in [5.74, 6) is 0.625. The van der Waals surface area contributed by atoms with Crippen molar-refractivity contribution in [1.29, 1.82) is 0 Å². The van der Waals surface area contributed by atoms with Crippen molar-refractivity contribution in [2.75, 3.05) is 6.54 Å². The van der Waals surface area contributed by atoms with Crippen LogP contribution in [0.25, 0.3) is 0 Å². The highest BCUT2D eigenvalue weighted by atomic mass is 35.5. The van der Waals surface area contributed by atoms with Gasteiger partial charge in [0.05, 0.1) is 6.20 Å². The number of nitrogens with zero attached hydrogens (tertiary/aromatic N) is 1. The van der Waals surface area contributed by atoms with Crippen molar-refractivity contribution in [3.05, 3.63) is 23.6 Å². The zero-order valence-electron chi connectivity index (χ0n) is 8.25. The number of sulfonamides is 1. The van der Waals surface area contributed by atoms with E-state index in [9.17, 15) is 8.42 Å². The van der Waals surface area contributed by atoms with Crippen molar-refractivity contribution in [3.8, 4) is 0 Å². The molecule has 0 bridgehead atoms. The van der Waals surface area contributed by atoms with Crippen LogP contribution in [-0.2, 0) is 16.4 Å². The van der Waals surface area contributed by atoms with Crippen molar-refractivity contribution in [2.45, 2.75) is 18.4 Å². The summed E-state index contributed by atoms with van der Waals surface area (Å²) in [6.07, 6.45) is 1.93. The van der Waals surface area contributed by atoms with Crippen molar-refractivity contribution >= 4 is 21.6 Å². The fraction of sp³-hybridized carbons (Fsp3) is 0.375. The van der Waals surface area contributed by atoms with E-state index in [1.54, 1.807) is 0 Å². The van der Waals surface area contributed by atoms with E-state index in [1.165, 1.54) is 6.20 Å². The lowest BCUT2D eigenvalue weighted by atomic mass is 10.5. The fourth-order valence-electron chi connectivity index (χ4n) is 0.911. The van der Waals surface area contributed by atoms with Crippen molar-refractivity contribution in [3.63, 3.8) is 0 Å². The van der Waals surface area contributed by atoms with Crippen LogP contribution in [0.15, 0.2) is 22.8 Å². The topological polar surface area (TPSA) is 74.8 Å². The first-order chi connectivity index (χ1) is 6.95. The molecule has 1 rings (SSSR count). The third-order valence-corrected chi connectivity index (χ3v) is 3.13. The lowest BCUT2D eigenvalue weighted by Crippen LogP contribution is -2.25. The average molecular weight is 250 g/mol. The third kappa shape index (κ3) is 3.33. The third-order valence-electron chi connectivity index (χ3n) is 1.68. The Bertz CT molecular complexity index is 452. The van der Waals surface area contributed by atoms with Crippen LogP contribution >= 0.6 is 11.6 Å². The van der Waals surface area contributed by atoms with Crippen LogP contribution in [0, 0.1) is 0 Å². The first-order valence-electron chi connectivity index (χ1n) is 4.32. The highest BCUT2D eigenvalue weighted by molar-refractivity contribution is 7.89. The minimum Gasteiger partial charge on any atom is -0.332 e. The second kappa shape index (κ2) is 4.78.